The van der Waals surface area contributed by atoms with Gasteiger partial charge in [0.1, 0.15) is 0 Å². The zero-order chi connectivity index (χ0) is 16.6. The Labute approximate surface area is 150 Å². The van der Waals surface area contributed by atoms with Crippen molar-refractivity contribution in [3.8, 4) is 0 Å². The van der Waals surface area contributed by atoms with E-state index in [-0.39, 0.29) is 5.91 Å². The Balaban J connectivity index is 1.57. The van der Waals surface area contributed by atoms with Crippen molar-refractivity contribution in [2.45, 2.75) is 32.4 Å². The summed E-state index contributed by atoms with van der Waals surface area (Å²) in [5, 5.41) is 4.12. The van der Waals surface area contributed by atoms with Crippen LogP contribution >= 0.6 is 22.7 Å². The van der Waals surface area contributed by atoms with Gasteiger partial charge in [-0.2, -0.15) is 0 Å². The topological polar surface area (TPSA) is 33.2 Å². The average Bonchev–Trinajstić information content (AvgIpc) is 3.29. The second-order valence-corrected chi connectivity index (χ2v) is 7.65. The number of amides is 1. The molecule has 0 atom stereocenters. The van der Waals surface area contributed by atoms with Gasteiger partial charge in [-0.15, -0.1) is 22.7 Å². The van der Waals surface area contributed by atoms with Gasteiger partial charge in [-0.05, 0) is 47.9 Å². The minimum absolute atomic E-state index is 0.215. The number of rotatable bonds is 8. The highest BCUT2D eigenvalue weighted by atomic mass is 32.1. The molecule has 0 aliphatic heterocycles. The van der Waals surface area contributed by atoms with E-state index >= 15 is 0 Å². The number of carbonyl (C=O) groups is 1. The summed E-state index contributed by atoms with van der Waals surface area (Å²) in [5.41, 5.74) is 1.05. The van der Waals surface area contributed by atoms with Gasteiger partial charge in [0.15, 0.2) is 0 Å². The average molecular weight is 357 g/mol. The predicted molar refractivity (Wildman–Crippen MR) is 100 cm³/mol. The molecule has 0 aliphatic carbocycles. The van der Waals surface area contributed by atoms with Gasteiger partial charge in [0.2, 0.25) is 5.91 Å². The Bertz CT molecular complexity index is 688. The molecule has 3 rings (SSSR count). The minimum Gasteiger partial charge on any atom is -0.332 e. The van der Waals surface area contributed by atoms with E-state index in [4.69, 9.17) is 0 Å². The summed E-state index contributed by atoms with van der Waals surface area (Å²) in [5.74, 6) is 0.215. The Morgan fingerprint density at radius 2 is 1.67 bits per heavy atom. The van der Waals surface area contributed by atoms with E-state index in [1.54, 1.807) is 28.9 Å². The van der Waals surface area contributed by atoms with Gasteiger partial charge in [-0.1, -0.05) is 18.2 Å². The second-order valence-electron chi connectivity index (χ2n) is 5.58. The molecule has 0 N–H and O–H groups in total. The Morgan fingerprint density at radius 1 is 0.958 bits per heavy atom. The fraction of sp³-hybridized carbons (Fsp3) is 0.263. The number of nitrogens with zero attached hydrogens (tertiary/aromatic N) is 2. The zero-order valence-corrected chi connectivity index (χ0v) is 15.1. The van der Waals surface area contributed by atoms with Gasteiger partial charge in [-0.3, -0.25) is 9.78 Å². The molecule has 0 spiro atoms. The predicted octanol–water partition coefficient (Wildman–Crippen LogP) is 4.76. The van der Waals surface area contributed by atoms with Crippen molar-refractivity contribution in [3.05, 3.63) is 74.9 Å². The van der Waals surface area contributed by atoms with E-state index < -0.39 is 0 Å². The summed E-state index contributed by atoms with van der Waals surface area (Å²) in [6.45, 7) is 1.38. The summed E-state index contributed by atoms with van der Waals surface area (Å²) in [4.78, 5) is 21.4. The van der Waals surface area contributed by atoms with Gasteiger partial charge in [0, 0.05) is 28.1 Å². The van der Waals surface area contributed by atoms with Gasteiger partial charge >= 0.3 is 0 Å². The van der Waals surface area contributed by atoms with Crippen molar-refractivity contribution in [1.82, 2.24) is 9.88 Å². The van der Waals surface area contributed by atoms with Crippen molar-refractivity contribution in [1.29, 1.82) is 0 Å². The van der Waals surface area contributed by atoms with E-state index in [1.807, 2.05) is 35.2 Å². The largest absolute Gasteiger partial charge is 0.332 e. The van der Waals surface area contributed by atoms with Crippen LogP contribution in [0.5, 0.6) is 0 Å². The van der Waals surface area contributed by atoms with Crippen LogP contribution in [0.4, 0.5) is 0 Å². The number of aryl methyl sites for hydroxylation is 1. The molecule has 0 radical (unpaired) electrons. The Morgan fingerprint density at radius 3 is 2.21 bits per heavy atom. The standard InChI is InChI=1S/C19H20N2OS2/c22-19(10-3-7-16-6-1-2-11-20-16)21(14-17-8-4-12-23-17)15-18-9-5-13-24-18/h1-2,4-6,8-9,11-13H,3,7,10,14-15H2. The summed E-state index contributed by atoms with van der Waals surface area (Å²) in [7, 11) is 0. The third-order valence-corrected chi connectivity index (χ3v) is 5.48. The fourth-order valence-electron chi connectivity index (χ4n) is 2.54. The Kier molecular flexibility index (Phi) is 6.15. The van der Waals surface area contributed by atoms with Crippen molar-refractivity contribution in [2.75, 3.05) is 0 Å². The van der Waals surface area contributed by atoms with E-state index in [0.29, 0.717) is 19.5 Å². The van der Waals surface area contributed by atoms with E-state index in [9.17, 15) is 4.79 Å². The first-order valence-corrected chi connectivity index (χ1v) is 9.79. The van der Waals surface area contributed by atoms with Crippen molar-refractivity contribution >= 4 is 28.6 Å². The number of thiophene rings is 2. The molecule has 3 aromatic rings. The van der Waals surface area contributed by atoms with Gasteiger partial charge in [0.05, 0.1) is 13.1 Å². The monoisotopic (exact) mass is 356 g/mol. The number of hydrogen-bond acceptors (Lipinski definition) is 4. The maximum Gasteiger partial charge on any atom is 0.223 e. The number of carbonyl (C=O) groups excluding carboxylic acids is 1. The Hall–Kier alpha value is -1.98. The molecule has 5 heteroatoms. The molecule has 3 heterocycles. The summed E-state index contributed by atoms with van der Waals surface area (Å²) < 4.78 is 0. The lowest BCUT2D eigenvalue weighted by atomic mass is 10.1. The second kappa shape index (κ2) is 8.76. The third kappa shape index (κ3) is 5.01. The van der Waals surface area contributed by atoms with Crippen LogP contribution in [0, 0.1) is 0 Å². The number of aromatic nitrogens is 1. The molecule has 0 aliphatic rings. The quantitative estimate of drug-likeness (QED) is 0.583. The molecule has 0 unspecified atom stereocenters. The van der Waals surface area contributed by atoms with E-state index in [0.717, 1.165) is 18.5 Å². The van der Waals surface area contributed by atoms with Crippen LogP contribution in [0.3, 0.4) is 0 Å². The van der Waals surface area contributed by atoms with Crippen LogP contribution in [0.25, 0.3) is 0 Å². The molecule has 124 valence electrons. The maximum absolute atomic E-state index is 12.7. The maximum atomic E-state index is 12.7. The summed E-state index contributed by atoms with van der Waals surface area (Å²) in [6, 6.07) is 14.2. The van der Waals surface area contributed by atoms with Crippen LogP contribution in [0.15, 0.2) is 59.4 Å². The first-order valence-electron chi connectivity index (χ1n) is 8.04. The normalized spacial score (nSPS) is 10.7. The lowest BCUT2D eigenvalue weighted by molar-refractivity contribution is -0.132. The fourth-order valence-corrected chi connectivity index (χ4v) is 3.98. The van der Waals surface area contributed by atoms with Crippen molar-refractivity contribution in [2.24, 2.45) is 0 Å². The molecule has 0 aromatic carbocycles. The van der Waals surface area contributed by atoms with Crippen molar-refractivity contribution in [3.63, 3.8) is 0 Å². The van der Waals surface area contributed by atoms with Gasteiger partial charge < -0.3 is 4.90 Å². The van der Waals surface area contributed by atoms with Crippen LogP contribution in [0.2, 0.25) is 0 Å². The molecule has 24 heavy (non-hydrogen) atoms. The highest BCUT2D eigenvalue weighted by Crippen LogP contribution is 2.18. The molecular formula is C19H20N2OS2. The van der Waals surface area contributed by atoms with Gasteiger partial charge in [0.25, 0.3) is 0 Å². The first-order chi connectivity index (χ1) is 11.8. The van der Waals surface area contributed by atoms with Gasteiger partial charge in [-0.25, -0.2) is 0 Å². The minimum atomic E-state index is 0.215. The molecule has 3 aromatic heterocycles. The molecule has 3 nitrogen and oxygen atoms in total. The smallest absolute Gasteiger partial charge is 0.223 e. The SMILES string of the molecule is O=C(CCCc1ccccn1)N(Cc1cccs1)Cc1cccs1. The van der Waals surface area contributed by atoms with Crippen LogP contribution in [-0.2, 0) is 24.3 Å². The first kappa shape index (κ1) is 16.9. The van der Waals surface area contributed by atoms with E-state index in [1.165, 1.54) is 9.75 Å². The molecular weight excluding hydrogens is 336 g/mol. The summed E-state index contributed by atoms with van der Waals surface area (Å²) >= 11 is 3.40. The molecule has 0 saturated carbocycles. The molecule has 0 fully saturated rings. The van der Waals surface area contributed by atoms with Crippen LogP contribution in [0.1, 0.15) is 28.3 Å². The highest BCUT2D eigenvalue weighted by Gasteiger charge is 2.15. The lowest BCUT2D eigenvalue weighted by Crippen LogP contribution is -2.29. The van der Waals surface area contributed by atoms with E-state index in [2.05, 4.69) is 27.9 Å². The third-order valence-electron chi connectivity index (χ3n) is 3.76. The van der Waals surface area contributed by atoms with Crippen molar-refractivity contribution < 1.29 is 4.79 Å². The lowest BCUT2D eigenvalue weighted by Gasteiger charge is -2.21. The highest BCUT2D eigenvalue weighted by molar-refractivity contribution is 7.10. The molecule has 0 bridgehead atoms. The number of pyridine rings is 1. The summed E-state index contributed by atoms with van der Waals surface area (Å²) in [6.07, 6.45) is 4.05. The number of hydrogen-bond donors (Lipinski definition) is 0. The zero-order valence-electron chi connectivity index (χ0n) is 13.4. The molecule has 0 saturated heterocycles. The van der Waals surface area contributed by atoms with Crippen LogP contribution in [-0.4, -0.2) is 15.8 Å². The van der Waals surface area contributed by atoms with Crippen LogP contribution < -0.4 is 0 Å². The molecule has 1 amide bonds.